The summed E-state index contributed by atoms with van der Waals surface area (Å²) in [7, 11) is 3.95. The lowest BCUT2D eigenvalue weighted by Crippen LogP contribution is -2.61. The van der Waals surface area contributed by atoms with Gasteiger partial charge in [-0.15, -0.1) is 0 Å². The van der Waals surface area contributed by atoms with Gasteiger partial charge in [-0.05, 0) is 111 Å². The number of primary amides is 3. The number of unbranched alkanes of at least 4 members (excludes halogenated alkanes) is 2. The van der Waals surface area contributed by atoms with Crippen molar-refractivity contribution < 1.29 is 91.4 Å². The molecule has 3 saturated heterocycles. The molecule has 0 saturated carbocycles. The summed E-state index contributed by atoms with van der Waals surface area (Å²) < 4.78 is 0. The predicted octanol–water partition coefficient (Wildman–Crippen LogP) is -1.38. The number of aromatic hydroxyl groups is 1. The zero-order valence-corrected chi connectivity index (χ0v) is 77.4. The third kappa shape index (κ3) is 28.6. The standard InChI is InChI=1S/C92H129N23O19/c1-11-13-25-71-85(127)104-62(35-50(3)4)81(123)110-70(80(122)100-47-77(95)119)46-96-48-78(120)102-67(37-53-29-31-57(116)32-30-53)88(130)111(8)52(7)79(121)107-69(42-76(94)118)91(133)115-34-20-28-73(115)87(129)106-64(40-56-45-97-49-101-56)83(125)108-66(36-51(5)6)90(132)114-33-19-27-72(114)86(128)105-63(38-54-43-98-60-23-17-15-21-58(54)60)82(124)103-65(41-75(93)117)84(126)109-68(39-55-44-99-61-24-18-16-22-59(55)61)89(131)113(10)74(26-14-12-2)92(134)112(71)9/h15-18,21-24,29-32,43-45,49-52,62-74,96,98-99,116H,11-14,19-20,25-28,33-42,46-48H2,1-10H3,(H2,93,117)(H2,94,118)(H2,95,119)(H,97,101)(H,100,122)(H,102,120)(H,103,124)(H,104,127)(H,105,128)(H,106,129)(H,107,121)(H,108,125)(H,109,126)(H,110,123)/t52-,62-,63-,64-,65-,66-,67-,68-,69-,70-,71-,72-,73-,74-/m0/s1. The lowest BCUT2D eigenvalue weighted by Gasteiger charge is -2.36. The Morgan fingerprint density at radius 1 is 0.478 bits per heavy atom. The van der Waals surface area contributed by atoms with Crippen molar-refractivity contribution in [2.24, 2.45) is 29.0 Å². The van der Waals surface area contributed by atoms with Crippen molar-refractivity contribution in [3.63, 3.8) is 0 Å². The topological polar surface area (TPSA) is 614 Å². The summed E-state index contributed by atoms with van der Waals surface area (Å²) in [4.78, 5) is 283. The molecule has 0 spiro atoms. The highest BCUT2D eigenvalue weighted by Crippen LogP contribution is 2.28. The van der Waals surface area contributed by atoms with Gasteiger partial charge in [0.25, 0.3) is 0 Å². The lowest BCUT2D eigenvalue weighted by atomic mass is 9.99. The predicted molar refractivity (Wildman–Crippen MR) is 491 cm³/mol. The molecule has 3 aromatic carbocycles. The number of nitrogens with zero attached hydrogens (tertiary/aromatic N) is 6. The number of hydrogen-bond acceptors (Lipinski definition) is 21. The first-order valence-corrected chi connectivity index (χ1v) is 45.6. The SMILES string of the molecule is CCCC[C@H]1C(=O)N(C)[C@@H](CCCC)C(=O)N[C@@H](CC(C)C)C(=O)N[C@H](C(=O)NCC(N)=O)CNCC(=O)N[C@@H](Cc2ccc(O)cc2)C(=O)N(C)[C@@H](C)C(=O)N[C@@H](CC(N)=O)C(=O)N2CCC[C@H]2C(=O)N[C@@H](Cc2cnc[nH]2)C(=O)N[C@@H](CC(C)C)C(=O)N2CCC[C@H]2C(=O)N[C@@H](Cc2c[nH]c3ccccc23)C(=O)N[C@@H](CC(N)=O)C(=O)N[C@@H](Cc2c[nH]c3ccccc23)C(=O)N1C. The number of fused-ring (bicyclic) bond motifs is 4. The molecule has 42 nitrogen and oxygen atoms in total. The van der Waals surface area contributed by atoms with Crippen molar-refractivity contribution >= 4 is 128 Å². The molecule has 14 atom stereocenters. The molecule has 3 aromatic heterocycles. The van der Waals surface area contributed by atoms with E-state index >= 15 is 38.4 Å². The largest absolute Gasteiger partial charge is 0.508 e. The van der Waals surface area contributed by atoms with Crippen LogP contribution in [0.3, 0.4) is 0 Å². The molecule has 0 aliphatic carbocycles. The number of phenols is 1. The Balaban J connectivity index is 1.10. The van der Waals surface area contributed by atoms with E-state index in [0.29, 0.717) is 69.9 Å². The third-order valence-corrected chi connectivity index (χ3v) is 24.4. The van der Waals surface area contributed by atoms with E-state index in [2.05, 4.69) is 78.4 Å². The maximum Gasteiger partial charge on any atom is 0.246 e. The number of likely N-dealkylation sites (N-methyl/N-ethyl adjacent to an activating group) is 3. The van der Waals surface area contributed by atoms with E-state index in [-0.39, 0.29) is 108 Å². The van der Waals surface area contributed by atoms with Crippen LogP contribution in [-0.2, 0) is 112 Å². The molecular formula is C92H129N23O19. The van der Waals surface area contributed by atoms with Crippen molar-refractivity contribution in [3.05, 3.63) is 120 Å². The van der Waals surface area contributed by atoms with Gasteiger partial charge in [0.15, 0.2) is 0 Å². The average molecular weight is 1860 g/mol. The number of nitrogens with one attached hydrogen (secondary N) is 14. The van der Waals surface area contributed by atoms with Crippen LogP contribution in [0.4, 0.5) is 0 Å². The summed E-state index contributed by atoms with van der Waals surface area (Å²) in [5.41, 5.74) is 20.1. The van der Waals surface area contributed by atoms with Crippen LogP contribution >= 0.6 is 0 Å². The Hall–Kier alpha value is -13.8. The number of hydrogen-bond donors (Lipinski definition) is 18. The minimum atomic E-state index is -1.87. The molecule has 3 aliphatic rings. The number of carbonyl (C=O) groups excluding carboxylic acids is 18. The van der Waals surface area contributed by atoms with Gasteiger partial charge in [0.2, 0.25) is 106 Å². The number of H-pyrrole nitrogens is 3. The number of nitrogens with two attached hydrogens (primary N) is 3. The molecule has 21 N–H and O–H groups in total. The Labute approximate surface area is 776 Å². The van der Waals surface area contributed by atoms with Gasteiger partial charge in [-0.2, -0.15) is 0 Å². The second kappa shape index (κ2) is 49.1. The third-order valence-electron chi connectivity index (χ3n) is 24.4. The second-order valence-corrected chi connectivity index (χ2v) is 35.5. The number of carbonyl (C=O) groups is 18. The van der Waals surface area contributed by atoms with Gasteiger partial charge in [-0.3, -0.25) is 86.3 Å². The number of imidazole rings is 1. The molecule has 9 rings (SSSR count). The minimum Gasteiger partial charge on any atom is -0.508 e. The van der Waals surface area contributed by atoms with Crippen molar-refractivity contribution in [2.45, 2.75) is 249 Å². The summed E-state index contributed by atoms with van der Waals surface area (Å²) in [5.74, 6) is -17.4. The summed E-state index contributed by atoms with van der Waals surface area (Å²) >= 11 is 0. The maximum atomic E-state index is 15.8. The number of aromatic nitrogens is 4. The van der Waals surface area contributed by atoms with Crippen molar-refractivity contribution in [3.8, 4) is 5.75 Å². The molecule has 6 aromatic rings. The molecule has 134 heavy (non-hydrogen) atoms. The van der Waals surface area contributed by atoms with Crippen molar-refractivity contribution in [1.29, 1.82) is 0 Å². The first-order valence-electron chi connectivity index (χ1n) is 45.6. The van der Waals surface area contributed by atoms with Crippen molar-refractivity contribution in [1.82, 2.24) is 103 Å². The fourth-order valence-electron chi connectivity index (χ4n) is 17.0. The van der Waals surface area contributed by atoms with Crippen LogP contribution in [0.2, 0.25) is 0 Å². The number of benzene rings is 3. The molecule has 0 radical (unpaired) electrons. The fourth-order valence-corrected chi connectivity index (χ4v) is 17.0. The van der Waals surface area contributed by atoms with E-state index in [4.69, 9.17) is 17.2 Å². The fraction of sp³-hybridized carbons (Fsp3) is 0.533. The zero-order chi connectivity index (χ0) is 97.9. The number of phenolic OH excluding ortho intramolecular Hbond substituents is 1. The van der Waals surface area contributed by atoms with Gasteiger partial charge in [-0.25, -0.2) is 4.98 Å². The van der Waals surface area contributed by atoms with Crippen LogP contribution in [-0.4, -0.2) is 294 Å². The van der Waals surface area contributed by atoms with Gasteiger partial charge in [0, 0.05) is 113 Å². The molecule has 6 heterocycles. The summed E-state index contributed by atoms with van der Waals surface area (Å²) in [5, 5.41) is 41.0. The van der Waals surface area contributed by atoms with E-state index < -0.39 is 223 Å². The Bertz CT molecular complexity index is 5190. The summed E-state index contributed by atoms with van der Waals surface area (Å²) in [6.45, 7) is 10.0. The van der Waals surface area contributed by atoms with Gasteiger partial charge in [-0.1, -0.05) is 116 Å². The quantitative estimate of drug-likeness (QED) is 0.0314. The first kappa shape index (κ1) is 104. The molecule has 3 fully saturated rings. The van der Waals surface area contributed by atoms with E-state index in [9.17, 15) is 53.1 Å². The molecule has 726 valence electrons. The van der Waals surface area contributed by atoms with Crippen molar-refractivity contribution in [2.75, 3.05) is 53.9 Å². The number of rotatable bonds is 25. The molecule has 3 aliphatic heterocycles. The van der Waals surface area contributed by atoms with Crippen LogP contribution in [0.1, 0.15) is 161 Å². The second-order valence-electron chi connectivity index (χ2n) is 35.5. The normalized spacial score (nSPS) is 24.4. The number of amides is 18. The van der Waals surface area contributed by atoms with Crippen LogP contribution in [0.15, 0.2) is 97.7 Å². The summed E-state index contributed by atoms with van der Waals surface area (Å²) in [6.07, 6.45) is 5.42. The molecule has 0 bridgehead atoms. The Kier molecular flexibility index (Phi) is 38.0. The molecule has 0 unspecified atom stereocenters. The number of para-hydroxylation sites is 2. The minimum absolute atomic E-state index is 0.00423. The van der Waals surface area contributed by atoms with E-state index in [1.807, 2.05) is 13.8 Å². The Morgan fingerprint density at radius 3 is 1.49 bits per heavy atom. The highest BCUT2D eigenvalue weighted by Gasteiger charge is 2.46. The van der Waals surface area contributed by atoms with E-state index in [0.717, 1.165) is 14.7 Å². The van der Waals surface area contributed by atoms with Gasteiger partial charge < -0.3 is 120 Å². The molecule has 18 amide bonds. The summed E-state index contributed by atoms with van der Waals surface area (Å²) in [6, 6.07) is -1.42. The highest BCUT2D eigenvalue weighted by molar-refractivity contribution is 6.03. The van der Waals surface area contributed by atoms with Gasteiger partial charge >= 0.3 is 0 Å². The van der Waals surface area contributed by atoms with Gasteiger partial charge in [0.05, 0.1) is 32.3 Å². The Morgan fingerprint density at radius 2 is 0.940 bits per heavy atom. The van der Waals surface area contributed by atoms with Crippen LogP contribution in [0.25, 0.3) is 21.8 Å². The monoisotopic (exact) mass is 1860 g/mol. The first-order chi connectivity index (χ1) is 63.7. The molecule has 42 heteroatoms. The van der Waals surface area contributed by atoms with E-state index in [1.54, 1.807) is 88.6 Å². The van der Waals surface area contributed by atoms with Crippen LogP contribution in [0, 0.1) is 11.8 Å². The average Bonchev–Trinajstić information content (AvgIpc) is 1.60. The van der Waals surface area contributed by atoms with Gasteiger partial charge in [0.1, 0.15) is 90.3 Å². The zero-order valence-electron chi connectivity index (χ0n) is 77.4. The van der Waals surface area contributed by atoms with E-state index in [1.165, 1.54) is 74.7 Å². The van der Waals surface area contributed by atoms with Crippen LogP contribution < -0.4 is 75.7 Å². The highest BCUT2D eigenvalue weighted by atomic mass is 16.3. The maximum absolute atomic E-state index is 15.8. The lowest BCUT2D eigenvalue weighted by molar-refractivity contribution is -0.149. The smallest absolute Gasteiger partial charge is 0.246 e. The molecular weight excluding hydrogens is 1730 g/mol. The number of aromatic amines is 3. The van der Waals surface area contributed by atoms with Crippen LogP contribution in [0.5, 0.6) is 5.75 Å².